The van der Waals surface area contributed by atoms with E-state index in [1.165, 1.54) is 0 Å². The number of aromatic nitrogens is 4. The van der Waals surface area contributed by atoms with E-state index in [9.17, 15) is 19.2 Å². The fourth-order valence-corrected chi connectivity index (χ4v) is 18.9. The molecule has 0 atom stereocenters. The number of carbonyl (C=O) groups is 4. The summed E-state index contributed by atoms with van der Waals surface area (Å²) in [6.45, 7) is 34.5. The summed E-state index contributed by atoms with van der Waals surface area (Å²) >= 11 is 0. The molecule has 0 spiro atoms. The van der Waals surface area contributed by atoms with E-state index in [-0.39, 0.29) is 23.6 Å². The quantitative estimate of drug-likeness (QED) is 0.0268. The van der Waals surface area contributed by atoms with E-state index in [1.54, 1.807) is 0 Å². The van der Waals surface area contributed by atoms with Gasteiger partial charge in [-0.1, -0.05) is 146 Å². The second-order valence-corrected chi connectivity index (χ2v) is 36.5. The summed E-state index contributed by atoms with van der Waals surface area (Å²) in [5, 5.41) is 55.0. The Morgan fingerprint density at radius 1 is 0.200 bits per heavy atom. The lowest BCUT2D eigenvalue weighted by Crippen LogP contribution is -2.44. The molecule has 8 aromatic carbocycles. The van der Waals surface area contributed by atoms with Crippen molar-refractivity contribution in [3.8, 4) is 89.0 Å². The molecule has 0 saturated carbocycles. The van der Waals surface area contributed by atoms with Crippen LogP contribution in [0.15, 0.2) is 218 Å². The highest BCUT2D eigenvalue weighted by Gasteiger charge is 2.24. The van der Waals surface area contributed by atoms with Crippen molar-refractivity contribution in [3.05, 3.63) is 263 Å². The number of fused-ring (bicyclic) bond motifs is 8. The summed E-state index contributed by atoms with van der Waals surface area (Å²) in [5.74, 6) is -0.398. The van der Waals surface area contributed by atoms with Crippen molar-refractivity contribution in [2.75, 3.05) is 262 Å². The molecule has 8 bridgehead atoms. The van der Waals surface area contributed by atoms with Gasteiger partial charge >= 0.3 is 0 Å². The van der Waals surface area contributed by atoms with Crippen molar-refractivity contribution in [3.63, 3.8) is 0 Å². The van der Waals surface area contributed by atoms with Crippen LogP contribution >= 0.6 is 0 Å². The molecule has 140 heavy (non-hydrogen) atoms. The van der Waals surface area contributed by atoms with E-state index >= 15 is 0 Å². The molecule has 6 aliphatic heterocycles. The predicted molar refractivity (Wildman–Crippen MR) is 572 cm³/mol. The number of hydrogen-bond donors (Lipinski definition) is 18. The van der Waals surface area contributed by atoms with Crippen LogP contribution in [-0.4, -0.2) is 325 Å². The van der Waals surface area contributed by atoms with Gasteiger partial charge in [-0.05, 0) is 164 Å². The highest BCUT2D eigenvalue weighted by atomic mass is 16.2. The van der Waals surface area contributed by atoms with E-state index < -0.39 is 0 Å². The van der Waals surface area contributed by atoms with Gasteiger partial charge in [-0.15, -0.1) is 0 Å². The van der Waals surface area contributed by atoms with Crippen molar-refractivity contribution in [1.29, 1.82) is 0 Å². The summed E-state index contributed by atoms with van der Waals surface area (Å²) in [6, 6.07) is 74.6. The van der Waals surface area contributed by atoms with Gasteiger partial charge in [0.15, 0.2) is 0 Å². The molecule has 0 radical (unpaired) electrons. The third kappa shape index (κ3) is 28.1. The van der Waals surface area contributed by atoms with Crippen LogP contribution in [0.2, 0.25) is 0 Å². The first-order valence-corrected chi connectivity index (χ1v) is 50.6. The van der Waals surface area contributed by atoms with E-state index in [1.807, 2.05) is 97.1 Å². The molecule has 3 aromatic heterocycles. The monoisotopic (exact) mass is 1880 g/mol. The minimum atomic E-state index is -0.0994. The van der Waals surface area contributed by atoms with Crippen LogP contribution < -0.4 is 85.1 Å². The highest BCUT2D eigenvalue weighted by molar-refractivity contribution is 6.02. The van der Waals surface area contributed by atoms with Gasteiger partial charge in [0.2, 0.25) is 0 Å². The van der Waals surface area contributed by atoms with Crippen LogP contribution in [0.5, 0.6) is 0 Å². The molecule has 18 N–H and O–H groups in total. The van der Waals surface area contributed by atoms with Gasteiger partial charge in [0, 0.05) is 328 Å². The zero-order valence-corrected chi connectivity index (χ0v) is 80.7. The van der Waals surface area contributed by atoms with Crippen LogP contribution in [0.25, 0.3) is 135 Å². The van der Waals surface area contributed by atoms with Crippen molar-refractivity contribution >= 4 is 70.0 Å². The van der Waals surface area contributed by atoms with Gasteiger partial charge in [0.25, 0.3) is 23.6 Å². The van der Waals surface area contributed by atoms with E-state index in [2.05, 4.69) is 260 Å². The van der Waals surface area contributed by atoms with Gasteiger partial charge in [-0.25, -0.2) is 9.97 Å². The minimum absolute atomic E-state index is 0.0994. The summed E-state index contributed by atoms with van der Waals surface area (Å²) in [4.78, 5) is 84.2. The second-order valence-electron chi connectivity index (χ2n) is 36.5. The van der Waals surface area contributed by atoms with E-state index in [0.29, 0.717) is 48.4 Å². The average molecular weight is 1880 g/mol. The topological polar surface area (TPSA) is 331 Å². The average Bonchev–Trinajstić information content (AvgIpc) is 1.61. The van der Waals surface area contributed by atoms with Crippen LogP contribution in [0.1, 0.15) is 64.2 Å². The lowest BCUT2D eigenvalue weighted by Gasteiger charge is -2.23. The van der Waals surface area contributed by atoms with Crippen LogP contribution in [0.3, 0.4) is 0 Å². The van der Waals surface area contributed by atoms with Crippen molar-refractivity contribution in [2.24, 2.45) is 0 Å². The number of hydrogen-bond acceptors (Lipinski definition) is 22. The Morgan fingerprint density at radius 3 is 0.521 bits per heavy atom. The third-order valence-electron chi connectivity index (χ3n) is 26.9. The summed E-state index contributed by atoms with van der Waals surface area (Å²) in [5.41, 5.74) is 24.0. The fourth-order valence-electron chi connectivity index (χ4n) is 18.9. The Bertz CT molecular complexity index is 5310. The summed E-state index contributed by atoms with van der Waals surface area (Å²) < 4.78 is 0. The highest BCUT2D eigenvalue weighted by Crippen LogP contribution is 2.41. The number of carbonyl (C=O) groups excluding carboxylic acids is 4. The summed E-state index contributed by atoms with van der Waals surface area (Å²) in [6.07, 6.45) is 8.49. The maximum absolute atomic E-state index is 13.8. The Hall–Kier alpha value is -12.4. The number of amides is 4. The molecule has 0 unspecified atom stereocenters. The normalized spacial score (nSPS) is 16.9. The standard InChI is InChI=1S/C112H138N24O4/c137-109(125-65-77-133-69-57-117-49-41-113-42-50-118-58-70-133)93-25-9-85(10-26-93)81-1-17-89(18-2-81)105-97-33-35-99(129-97)106(90-19-3-82(4-20-90)86-11-27-94(28-12-86)110(138)126-66-78-134-71-59-119-51-43-114-44-52-120-60-72-134)101-37-39-103(131-101)108(92-23-7-84(8-24-92)88-15-31-96(32-16-88)112(140)128-68-80-136-75-63-123-55-47-116-48-56-124-64-76-136)104-40-38-102(132-104)107(100-36-34-98(105)130-100)91-21-5-83(6-22-91)87-13-29-95(30-14-87)111(139)127-67-79-135-73-61-121-53-45-115-46-54-122-62-74-135/h1-40,113-124,129,132H,41-80H2,(H,125,137)(H,126,138)(H,127,139)(H,128,140). The molecule has 4 saturated heterocycles. The van der Waals surface area contributed by atoms with Gasteiger partial charge in [0.1, 0.15) is 0 Å². The summed E-state index contributed by atoms with van der Waals surface area (Å²) in [7, 11) is 0. The molecule has 11 aromatic rings. The molecule has 730 valence electrons. The molecule has 4 fully saturated rings. The van der Waals surface area contributed by atoms with Gasteiger partial charge in [0.05, 0.1) is 22.8 Å². The van der Waals surface area contributed by atoms with Gasteiger partial charge in [-0.3, -0.25) is 38.8 Å². The Balaban J connectivity index is 0.707. The van der Waals surface area contributed by atoms with Crippen LogP contribution in [-0.2, 0) is 0 Å². The van der Waals surface area contributed by atoms with Crippen molar-refractivity contribution in [2.45, 2.75) is 0 Å². The first kappa shape index (κ1) is 99.2. The Labute approximate surface area is 823 Å². The molecule has 0 aliphatic carbocycles. The third-order valence-corrected chi connectivity index (χ3v) is 26.9. The Kier molecular flexibility index (Phi) is 37.0. The van der Waals surface area contributed by atoms with Crippen LogP contribution in [0, 0.1) is 0 Å². The lowest BCUT2D eigenvalue weighted by molar-refractivity contribution is 0.0940. The lowest BCUT2D eigenvalue weighted by atomic mass is 9.98. The molecule has 9 heterocycles. The molecule has 17 rings (SSSR count). The number of benzene rings is 8. The van der Waals surface area contributed by atoms with Gasteiger partial charge in [-0.2, -0.15) is 0 Å². The molecule has 28 heteroatoms. The van der Waals surface area contributed by atoms with Crippen molar-refractivity contribution in [1.82, 2.24) is 125 Å². The smallest absolute Gasteiger partial charge is 0.251 e. The molecular formula is C112H138N24O4. The van der Waals surface area contributed by atoms with E-state index in [4.69, 9.17) is 9.97 Å². The SMILES string of the molecule is O=C(NCCN1CCNCCNCCNCC1)c1ccc(-c2ccc(-c3c4nc(c(-c5ccc(-c6ccc(C(=O)NCCN7CCNCCNCCNCC7)cc6)cc5)c5ccc([nH]5)c(-c5ccc(-c6ccc(C(=O)NCCN7CCNCCNCCNCC7)cc6)cc5)c5nc(c(-c6ccc(-c7ccc(C(=O)NCCN8CCNCCNCCNCC8)cc7)cc6)c6ccc3[nH]6)C=C5)C=C4)cc2)cc1. The van der Waals surface area contributed by atoms with E-state index in [0.717, 1.165) is 369 Å². The number of aromatic amines is 2. The largest absolute Gasteiger partial charge is 0.354 e. The van der Waals surface area contributed by atoms with Gasteiger partial charge < -0.3 is 95.0 Å². The van der Waals surface area contributed by atoms with Crippen LogP contribution in [0.4, 0.5) is 0 Å². The number of H-pyrrole nitrogens is 2. The second kappa shape index (κ2) is 52.2. The maximum Gasteiger partial charge on any atom is 0.251 e. The first-order chi connectivity index (χ1) is 69.1. The Morgan fingerprint density at radius 2 is 0.350 bits per heavy atom. The number of nitrogens with zero attached hydrogens (tertiary/aromatic N) is 6. The molecule has 28 nitrogen and oxygen atoms in total. The number of rotatable bonds is 24. The zero-order valence-electron chi connectivity index (χ0n) is 80.7. The minimum Gasteiger partial charge on any atom is -0.354 e. The zero-order chi connectivity index (χ0) is 95.5. The molecule has 4 amide bonds. The molecule has 6 aliphatic rings. The predicted octanol–water partition coefficient (Wildman–Crippen LogP) is 9.25. The first-order valence-electron chi connectivity index (χ1n) is 50.6. The van der Waals surface area contributed by atoms with Crippen molar-refractivity contribution < 1.29 is 19.2 Å². The molecular weight excluding hydrogens is 1750 g/mol. The fraction of sp³-hybridized carbons (Fsp3) is 0.357. The number of nitrogens with one attached hydrogen (secondary N) is 18. The maximum atomic E-state index is 13.8.